The SMILES string of the molecule is C[C@H](NS(=O)(=O)c1cncnc1)C(F)(F)F. The van der Waals surface area contributed by atoms with E-state index in [1.54, 1.807) is 0 Å². The summed E-state index contributed by atoms with van der Waals surface area (Å²) in [5.74, 6) is 0. The first kappa shape index (κ1) is 12.8. The zero-order chi connectivity index (χ0) is 12.4. The molecule has 1 rings (SSSR count). The molecule has 0 unspecified atom stereocenters. The Morgan fingerprint density at radius 1 is 1.31 bits per heavy atom. The predicted octanol–water partition coefficient (Wildman–Crippen LogP) is 0.706. The number of sulfonamides is 1. The molecule has 0 aliphatic rings. The number of halogens is 3. The molecule has 0 amide bonds. The third kappa shape index (κ3) is 3.14. The zero-order valence-electron chi connectivity index (χ0n) is 8.06. The highest BCUT2D eigenvalue weighted by Gasteiger charge is 2.38. The smallest absolute Gasteiger partial charge is 0.243 e. The molecule has 0 fully saturated rings. The molecular formula is C7H8F3N3O2S. The molecule has 0 aliphatic carbocycles. The number of hydrogen-bond donors (Lipinski definition) is 1. The van der Waals surface area contributed by atoms with Gasteiger partial charge in [0.2, 0.25) is 10.0 Å². The quantitative estimate of drug-likeness (QED) is 0.863. The summed E-state index contributed by atoms with van der Waals surface area (Å²) in [4.78, 5) is 6.41. The van der Waals surface area contributed by atoms with Crippen molar-refractivity contribution in [3.8, 4) is 0 Å². The lowest BCUT2D eigenvalue weighted by Gasteiger charge is -2.16. The first-order valence-electron chi connectivity index (χ1n) is 4.07. The number of rotatable bonds is 3. The van der Waals surface area contributed by atoms with Crippen LogP contribution in [0.3, 0.4) is 0 Å². The highest BCUT2D eigenvalue weighted by atomic mass is 32.2. The van der Waals surface area contributed by atoms with E-state index in [2.05, 4.69) is 9.97 Å². The Balaban J connectivity index is 2.90. The topological polar surface area (TPSA) is 72.0 Å². The van der Waals surface area contributed by atoms with Crippen molar-refractivity contribution in [2.45, 2.75) is 24.0 Å². The number of alkyl halides is 3. The van der Waals surface area contributed by atoms with Crippen molar-refractivity contribution in [1.29, 1.82) is 0 Å². The van der Waals surface area contributed by atoms with E-state index in [0.717, 1.165) is 18.7 Å². The highest BCUT2D eigenvalue weighted by Crippen LogP contribution is 2.21. The molecule has 0 radical (unpaired) electrons. The fraction of sp³-hybridized carbons (Fsp3) is 0.429. The first-order chi connectivity index (χ1) is 7.23. The molecule has 1 N–H and O–H groups in total. The van der Waals surface area contributed by atoms with E-state index in [4.69, 9.17) is 0 Å². The molecule has 9 heteroatoms. The first-order valence-corrected chi connectivity index (χ1v) is 5.56. The van der Waals surface area contributed by atoms with Gasteiger partial charge >= 0.3 is 6.18 Å². The van der Waals surface area contributed by atoms with Crippen LogP contribution in [0.25, 0.3) is 0 Å². The van der Waals surface area contributed by atoms with Crippen LogP contribution in [0, 0.1) is 0 Å². The molecule has 0 aromatic carbocycles. The molecule has 1 aromatic heterocycles. The van der Waals surface area contributed by atoms with Gasteiger partial charge in [0, 0.05) is 0 Å². The second-order valence-electron chi connectivity index (χ2n) is 2.96. The van der Waals surface area contributed by atoms with Crippen LogP contribution >= 0.6 is 0 Å². The van der Waals surface area contributed by atoms with E-state index < -0.39 is 27.1 Å². The van der Waals surface area contributed by atoms with Crippen molar-refractivity contribution >= 4 is 10.0 Å². The zero-order valence-corrected chi connectivity index (χ0v) is 8.88. The Labute approximate surface area is 89.8 Å². The van der Waals surface area contributed by atoms with Gasteiger partial charge in [-0.2, -0.15) is 17.9 Å². The average Bonchev–Trinajstić information content (AvgIpc) is 2.17. The van der Waals surface area contributed by atoms with E-state index in [0.29, 0.717) is 6.92 Å². The fourth-order valence-electron chi connectivity index (χ4n) is 0.792. The Kier molecular flexibility index (Phi) is 3.48. The summed E-state index contributed by atoms with van der Waals surface area (Å²) in [6.45, 7) is 0.710. The Morgan fingerprint density at radius 3 is 2.25 bits per heavy atom. The molecule has 16 heavy (non-hydrogen) atoms. The lowest BCUT2D eigenvalue weighted by atomic mass is 10.4. The van der Waals surface area contributed by atoms with Crippen LogP contribution < -0.4 is 4.72 Å². The molecule has 0 bridgehead atoms. The minimum Gasteiger partial charge on any atom is -0.243 e. The summed E-state index contributed by atoms with van der Waals surface area (Å²) in [5, 5.41) is 0. The van der Waals surface area contributed by atoms with Crippen LogP contribution in [-0.4, -0.2) is 30.6 Å². The summed E-state index contributed by atoms with van der Waals surface area (Å²) in [5.41, 5.74) is 0. The van der Waals surface area contributed by atoms with Gasteiger partial charge in [-0.15, -0.1) is 0 Å². The van der Waals surface area contributed by atoms with Gasteiger partial charge in [-0.25, -0.2) is 18.4 Å². The van der Waals surface area contributed by atoms with Crippen molar-refractivity contribution in [2.75, 3.05) is 0 Å². The van der Waals surface area contributed by atoms with Gasteiger partial charge < -0.3 is 0 Å². The highest BCUT2D eigenvalue weighted by molar-refractivity contribution is 7.89. The molecule has 90 valence electrons. The fourth-order valence-corrected chi connectivity index (χ4v) is 1.93. The largest absolute Gasteiger partial charge is 0.404 e. The lowest BCUT2D eigenvalue weighted by molar-refractivity contribution is -0.147. The van der Waals surface area contributed by atoms with Crippen LogP contribution in [0.2, 0.25) is 0 Å². The van der Waals surface area contributed by atoms with E-state index in [1.807, 2.05) is 0 Å². The number of nitrogens with zero attached hydrogens (tertiary/aromatic N) is 2. The second kappa shape index (κ2) is 4.34. The maximum Gasteiger partial charge on any atom is 0.404 e. The molecule has 0 aliphatic heterocycles. The van der Waals surface area contributed by atoms with Crippen LogP contribution in [0.4, 0.5) is 13.2 Å². The standard InChI is InChI=1S/C7H8F3N3O2S/c1-5(7(8,9)10)13-16(14,15)6-2-11-4-12-3-6/h2-5,13H,1H3/t5-/m0/s1. The van der Waals surface area contributed by atoms with Crippen molar-refractivity contribution in [3.05, 3.63) is 18.7 Å². The summed E-state index contributed by atoms with van der Waals surface area (Å²) in [6.07, 6.45) is -1.73. The van der Waals surface area contributed by atoms with Gasteiger partial charge in [-0.3, -0.25) is 0 Å². The Bertz CT molecular complexity index is 446. The molecule has 0 saturated carbocycles. The summed E-state index contributed by atoms with van der Waals surface area (Å²) < 4.78 is 60.7. The summed E-state index contributed by atoms with van der Waals surface area (Å²) in [7, 11) is -4.24. The van der Waals surface area contributed by atoms with Crippen molar-refractivity contribution in [1.82, 2.24) is 14.7 Å². The minimum absolute atomic E-state index is 0.411. The minimum atomic E-state index is -4.64. The van der Waals surface area contributed by atoms with Gasteiger partial charge in [0.1, 0.15) is 17.3 Å². The van der Waals surface area contributed by atoms with Crippen molar-refractivity contribution in [2.24, 2.45) is 0 Å². The number of hydrogen-bond acceptors (Lipinski definition) is 4. The molecule has 1 aromatic rings. The van der Waals surface area contributed by atoms with E-state index >= 15 is 0 Å². The molecule has 1 atom stereocenters. The summed E-state index contributed by atoms with van der Waals surface area (Å²) in [6, 6.07) is -2.17. The molecule has 0 spiro atoms. The average molecular weight is 255 g/mol. The second-order valence-corrected chi connectivity index (χ2v) is 4.67. The van der Waals surface area contributed by atoms with Gasteiger partial charge in [0.25, 0.3) is 0 Å². The van der Waals surface area contributed by atoms with E-state index in [9.17, 15) is 21.6 Å². The third-order valence-corrected chi connectivity index (χ3v) is 3.17. The van der Waals surface area contributed by atoms with Crippen LogP contribution in [0.1, 0.15) is 6.92 Å². The summed E-state index contributed by atoms with van der Waals surface area (Å²) >= 11 is 0. The Hall–Kier alpha value is -1.22. The van der Waals surface area contributed by atoms with E-state index in [-0.39, 0.29) is 0 Å². The van der Waals surface area contributed by atoms with Crippen LogP contribution in [0.5, 0.6) is 0 Å². The monoisotopic (exact) mass is 255 g/mol. The van der Waals surface area contributed by atoms with Crippen LogP contribution in [-0.2, 0) is 10.0 Å². The maximum absolute atomic E-state index is 12.1. The van der Waals surface area contributed by atoms with Crippen molar-refractivity contribution in [3.63, 3.8) is 0 Å². The van der Waals surface area contributed by atoms with E-state index in [1.165, 1.54) is 4.72 Å². The number of aromatic nitrogens is 2. The van der Waals surface area contributed by atoms with Gasteiger partial charge in [-0.1, -0.05) is 0 Å². The maximum atomic E-state index is 12.1. The lowest BCUT2D eigenvalue weighted by Crippen LogP contribution is -2.43. The van der Waals surface area contributed by atoms with Crippen LogP contribution in [0.15, 0.2) is 23.6 Å². The normalized spacial score (nSPS) is 14.8. The molecular weight excluding hydrogens is 247 g/mol. The molecule has 5 nitrogen and oxygen atoms in total. The number of nitrogens with one attached hydrogen (secondary N) is 1. The van der Waals surface area contributed by atoms with Gasteiger partial charge in [-0.05, 0) is 6.92 Å². The third-order valence-electron chi connectivity index (χ3n) is 1.67. The molecule has 1 heterocycles. The molecule has 0 saturated heterocycles. The Morgan fingerprint density at radius 2 is 1.81 bits per heavy atom. The van der Waals surface area contributed by atoms with Gasteiger partial charge in [0.15, 0.2) is 0 Å². The predicted molar refractivity (Wildman–Crippen MR) is 47.9 cm³/mol. The van der Waals surface area contributed by atoms with Gasteiger partial charge in [0.05, 0.1) is 12.4 Å². The van der Waals surface area contributed by atoms with Crippen molar-refractivity contribution < 1.29 is 21.6 Å².